The van der Waals surface area contributed by atoms with Gasteiger partial charge in [0.1, 0.15) is 0 Å². The maximum atomic E-state index is 4.24. The summed E-state index contributed by atoms with van der Waals surface area (Å²) in [5.74, 6) is 0. The molecule has 0 unspecified atom stereocenters. The van der Waals surface area contributed by atoms with Crippen LogP contribution in [-0.4, -0.2) is 15.0 Å². The van der Waals surface area contributed by atoms with Crippen LogP contribution in [-0.2, 0) is 31.2 Å². The number of aromatic nitrogens is 3. The van der Waals surface area contributed by atoms with Gasteiger partial charge in [0, 0.05) is 12.7 Å². The third-order valence-corrected chi connectivity index (χ3v) is 4.01. The van der Waals surface area contributed by atoms with E-state index in [0.717, 1.165) is 31.5 Å². The number of rotatable bonds is 5. The van der Waals surface area contributed by atoms with E-state index in [2.05, 4.69) is 69.3 Å². The topological polar surface area (TPSA) is 30.7 Å². The average Bonchev–Trinajstić information content (AvgIpc) is 2.91. The molecule has 0 aliphatic rings. The van der Waals surface area contributed by atoms with Gasteiger partial charge in [-0.25, -0.2) is 0 Å². The molecule has 3 nitrogen and oxygen atoms in total. The summed E-state index contributed by atoms with van der Waals surface area (Å²) in [5.41, 5.74) is 5.60. The number of hydrogen-bond donors (Lipinski definition) is 0. The Labute approximate surface area is 128 Å². The molecular weight excluding hydrogens is 258 g/mol. The van der Waals surface area contributed by atoms with Crippen LogP contribution in [0.15, 0.2) is 24.4 Å². The Hall–Kier alpha value is -1.64. The third kappa shape index (κ3) is 3.93. The maximum absolute atomic E-state index is 4.24. The highest BCUT2D eigenvalue weighted by atomic mass is 15.4. The minimum atomic E-state index is 0.201. The first-order valence-electron chi connectivity index (χ1n) is 7.95. The van der Waals surface area contributed by atoms with Gasteiger partial charge in [0.05, 0.1) is 5.69 Å². The van der Waals surface area contributed by atoms with Crippen molar-refractivity contribution in [3.63, 3.8) is 0 Å². The molecule has 114 valence electrons. The van der Waals surface area contributed by atoms with E-state index in [0.29, 0.717) is 0 Å². The van der Waals surface area contributed by atoms with Gasteiger partial charge < -0.3 is 0 Å². The van der Waals surface area contributed by atoms with Crippen molar-refractivity contribution in [3.8, 4) is 0 Å². The quantitative estimate of drug-likeness (QED) is 0.833. The highest BCUT2D eigenvalue weighted by Gasteiger charge is 2.15. The second kappa shape index (κ2) is 6.42. The van der Waals surface area contributed by atoms with E-state index in [1.54, 1.807) is 0 Å². The van der Waals surface area contributed by atoms with E-state index in [1.165, 1.54) is 16.7 Å². The van der Waals surface area contributed by atoms with Gasteiger partial charge in [-0.15, -0.1) is 5.10 Å². The molecule has 0 amide bonds. The van der Waals surface area contributed by atoms with Gasteiger partial charge in [-0.05, 0) is 48.3 Å². The second-order valence-electron chi connectivity index (χ2n) is 6.65. The van der Waals surface area contributed by atoms with Crippen molar-refractivity contribution in [1.29, 1.82) is 0 Å². The normalized spacial score (nSPS) is 11.9. The van der Waals surface area contributed by atoms with Gasteiger partial charge in [0.2, 0.25) is 0 Å². The second-order valence-corrected chi connectivity index (χ2v) is 6.65. The Morgan fingerprint density at radius 3 is 2.38 bits per heavy atom. The van der Waals surface area contributed by atoms with Crippen molar-refractivity contribution in [2.75, 3.05) is 0 Å². The lowest BCUT2D eigenvalue weighted by Gasteiger charge is -2.21. The molecule has 0 bridgehead atoms. The Kier molecular flexibility index (Phi) is 4.81. The van der Waals surface area contributed by atoms with Gasteiger partial charge in [0.15, 0.2) is 0 Å². The number of benzene rings is 1. The maximum Gasteiger partial charge on any atom is 0.0830 e. The molecule has 1 heterocycles. The highest BCUT2D eigenvalue weighted by Crippen LogP contribution is 2.25. The first-order chi connectivity index (χ1) is 9.94. The molecule has 3 heteroatoms. The first-order valence-corrected chi connectivity index (χ1v) is 7.95. The van der Waals surface area contributed by atoms with Crippen LogP contribution in [0.1, 0.15) is 57.0 Å². The molecule has 21 heavy (non-hydrogen) atoms. The lowest BCUT2D eigenvalue weighted by atomic mass is 9.84. The summed E-state index contributed by atoms with van der Waals surface area (Å²) in [6.45, 7) is 12.0. The molecule has 0 saturated heterocycles. The molecule has 0 aliphatic heterocycles. The molecule has 0 radical (unpaired) electrons. The van der Waals surface area contributed by atoms with Crippen molar-refractivity contribution in [3.05, 3.63) is 46.8 Å². The van der Waals surface area contributed by atoms with E-state index in [-0.39, 0.29) is 5.41 Å². The average molecular weight is 285 g/mol. The smallest absolute Gasteiger partial charge is 0.0830 e. The summed E-state index contributed by atoms with van der Waals surface area (Å²) < 4.78 is 1.89. The largest absolute Gasteiger partial charge is 0.253 e. The van der Waals surface area contributed by atoms with Crippen LogP contribution in [0.2, 0.25) is 0 Å². The van der Waals surface area contributed by atoms with Crippen LogP contribution in [0.25, 0.3) is 0 Å². The first kappa shape index (κ1) is 15.7. The van der Waals surface area contributed by atoms with E-state index in [4.69, 9.17) is 0 Å². The minimum Gasteiger partial charge on any atom is -0.253 e. The summed E-state index contributed by atoms with van der Waals surface area (Å²) in [6, 6.07) is 6.94. The summed E-state index contributed by atoms with van der Waals surface area (Å²) in [7, 11) is 0. The Morgan fingerprint density at radius 2 is 1.81 bits per heavy atom. The highest BCUT2D eigenvalue weighted by molar-refractivity contribution is 5.35. The SMILES string of the molecule is CCc1ccc(C(C)(C)C)cc1CCc1cn(CC)nn1. The van der Waals surface area contributed by atoms with Gasteiger partial charge in [0.25, 0.3) is 0 Å². The summed E-state index contributed by atoms with van der Waals surface area (Å²) in [6.07, 6.45) is 5.14. The molecule has 0 fully saturated rings. The zero-order valence-corrected chi connectivity index (χ0v) is 14.0. The van der Waals surface area contributed by atoms with Crippen LogP contribution >= 0.6 is 0 Å². The molecule has 0 atom stereocenters. The summed E-state index contributed by atoms with van der Waals surface area (Å²) in [5, 5.41) is 8.35. The third-order valence-electron chi connectivity index (χ3n) is 4.01. The van der Waals surface area contributed by atoms with E-state index in [9.17, 15) is 0 Å². The standard InChI is InChI=1S/C18H27N3/c1-6-14-8-10-16(18(3,4)5)12-15(14)9-11-17-13-21(7-2)20-19-17/h8,10,12-13H,6-7,9,11H2,1-5H3. The fourth-order valence-corrected chi connectivity index (χ4v) is 2.54. The summed E-state index contributed by atoms with van der Waals surface area (Å²) >= 11 is 0. The fourth-order valence-electron chi connectivity index (χ4n) is 2.54. The summed E-state index contributed by atoms with van der Waals surface area (Å²) in [4.78, 5) is 0. The molecular formula is C18H27N3. The lowest BCUT2D eigenvalue weighted by Crippen LogP contribution is -2.12. The van der Waals surface area contributed by atoms with Crippen molar-refractivity contribution in [1.82, 2.24) is 15.0 Å². The molecule has 2 rings (SSSR count). The van der Waals surface area contributed by atoms with Crippen LogP contribution in [0, 0.1) is 0 Å². The fraction of sp³-hybridized carbons (Fsp3) is 0.556. The van der Waals surface area contributed by atoms with Crippen molar-refractivity contribution < 1.29 is 0 Å². The predicted octanol–water partition coefficient (Wildman–Crippen LogP) is 3.94. The zero-order valence-electron chi connectivity index (χ0n) is 14.0. The molecule has 0 saturated carbocycles. The number of aryl methyl sites for hydroxylation is 4. The lowest BCUT2D eigenvalue weighted by molar-refractivity contribution is 0.588. The Morgan fingerprint density at radius 1 is 1.05 bits per heavy atom. The number of nitrogens with zero attached hydrogens (tertiary/aromatic N) is 3. The van der Waals surface area contributed by atoms with Gasteiger partial charge in [-0.3, -0.25) is 4.68 Å². The van der Waals surface area contributed by atoms with E-state index in [1.807, 2.05) is 4.68 Å². The Bertz CT molecular complexity index is 591. The molecule has 0 spiro atoms. The van der Waals surface area contributed by atoms with E-state index >= 15 is 0 Å². The van der Waals surface area contributed by atoms with Crippen LogP contribution in [0.5, 0.6) is 0 Å². The minimum absolute atomic E-state index is 0.201. The predicted molar refractivity (Wildman–Crippen MR) is 87.6 cm³/mol. The van der Waals surface area contributed by atoms with Crippen LogP contribution in [0.3, 0.4) is 0 Å². The van der Waals surface area contributed by atoms with Gasteiger partial charge in [-0.2, -0.15) is 0 Å². The molecule has 1 aromatic carbocycles. The van der Waals surface area contributed by atoms with Crippen molar-refractivity contribution in [2.24, 2.45) is 0 Å². The molecule has 1 aromatic heterocycles. The number of hydrogen-bond acceptors (Lipinski definition) is 2. The van der Waals surface area contributed by atoms with Crippen molar-refractivity contribution in [2.45, 2.75) is 65.8 Å². The van der Waals surface area contributed by atoms with E-state index < -0.39 is 0 Å². The van der Waals surface area contributed by atoms with Crippen LogP contribution < -0.4 is 0 Å². The van der Waals surface area contributed by atoms with Crippen LogP contribution in [0.4, 0.5) is 0 Å². The zero-order chi connectivity index (χ0) is 15.5. The Balaban J connectivity index is 2.17. The molecule has 0 N–H and O–H groups in total. The monoisotopic (exact) mass is 285 g/mol. The molecule has 2 aromatic rings. The van der Waals surface area contributed by atoms with Crippen molar-refractivity contribution >= 4 is 0 Å². The molecule has 0 aliphatic carbocycles. The van der Waals surface area contributed by atoms with Gasteiger partial charge in [-0.1, -0.05) is 51.1 Å². The van der Waals surface area contributed by atoms with Gasteiger partial charge >= 0.3 is 0 Å².